The molecule has 0 radical (unpaired) electrons. The first-order valence-electron chi connectivity index (χ1n) is 8.21. The van der Waals surface area contributed by atoms with Crippen LogP contribution in [0, 0.1) is 0 Å². The smallest absolute Gasteiger partial charge is 0.248 e. The Hall–Kier alpha value is -1.26. The minimum absolute atomic E-state index is 0.0314. The van der Waals surface area contributed by atoms with Gasteiger partial charge in [-0.05, 0) is 62.4 Å². The molecule has 2 saturated heterocycles. The Morgan fingerprint density at radius 1 is 1.14 bits per heavy atom. The molecule has 2 aromatic rings. The number of aromatic amines is 1. The van der Waals surface area contributed by atoms with Gasteiger partial charge in [0.15, 0.2) is 0 Å². The Labute approximate surface area is 135 Å². The molecule has 3 heterocycles. The van der Waals surface area contributed by atoms with E-state index in [1.165, 1.54) is 37.0 Å². The monoisotopic (exact) mass is 314 g/mol. The molecule has 0 spiro atoms. The Kier molecular flexibility index (Phi) is 3.74. The van der Waals surface area contributed by atoms with E-state index in [1.807, 2.05) is 23.9 Å². The SMILES string of the molecule is CN1[C@@H]2CCC[C@H]1CC(Sc1ccc3[nH]c(=O)ccc3c1)C2. The van der Waals surface area contributed by atoms with E-state index >= 15 is 0 Å². The van der Waals surface area contributed by atoms with E-state index < -0.39 is 0 Å². The summed E-state index contributed by atoms with van der Waals surface area (Å²) in [6, 6.07) is 11.5. The second kappa shape index (κ2) is 5.74. The maximum Gasteiger partial charge on any atom is 0.248 e. The molecule has 1 unspecified atom stereocenters. The highest BCUT2D eigenvalue weighted by Gasteiger charge is 2.36. The summed E-state index contributed by atoms with van der Waals surface area (Å²) in [7, 11) is 2.31. The zero-order valence-electron chi connectivity index (χ0n) is 12.9. The molecule has 2 aliphatic heterocycles. The second-order valence-electron chi connectivity index (χ2n) is 6.69. The molecule has 1 N–H and O–H groups in total. The number of fused-ring (bicyclic) bond motifs is 3. The van der Waals surface area contributed by atoms with Crippen LogP contribution < -0.4 is 5.56 Å². The summed E-state index contributed by atoms with van der Waals surface area (Å²) in [5.41, 5.74) is 0.896. The van der Waals surface area contributed by atoms with Gasteiger partial charge in [0.25, 0.3) is 0 Å². The first kappa shape index (κ1) is 14.3. The van der Waals surface area contributed by atoms with Crippen molar-refractivity contribution in [2.24, 2.45) is 0 Å². The summed E-state index contributed by atoms with van der Waals surface area (Å²) in [4.78, 5) is 18.2. The average molecular weight is 314 g/mol. The highest BCUT2D eigenvalue weighted by Crippen LogP contribution is 2.40. The van der Waals surface area contributed by atoms with Crippen LogP contribution in [0.3, 0.4) is 0 Å². The fourth-order valence-electron chi connectivity index (χ4n) is 4.06. The van der Waals surface area contributed by atoms with E-state index in [-0.39, 0.29) is 5.56 Å². The zero-order valence-corrected chi connectivity index (χ0v) is 13.7. The predicted octanol–water partition coefficient (Wildman–Crippen LogP) is 3.64. The van der Waals surface area contributed by atoms with E-state index in [1.54, 1.807) is 6.07 Å². The predicted molar refractivity (Wildman–Crippen MR) is 92.6 cm³/mol. The Morgan fingerprint density at radius 2 is 1.91 bits per heavy atom. The largest absolute Gasteiger partial charge is 0.322 e. The lowest BCUT2D eigenvalue weighted by atomic mass is 9.85. The molecule has 0 saturated carbocycles. The molecule has 2 fully saturated rings. The van der Waals surface area contributed by atoms with Crippen LogP contribution in [0.2, 0.25) is 0 Å². The molecule has 22 heavy (non-hydrogen) atoms. The topological polar surface area (TPSA) is 36.1 Å². The molecular formula is C18H22N2OS. The average Bonchev–Trinajstić information content (AvgIpc) is 2.48. The molecule has 116 valence electrons. The molecule has 2 bridgehead atoms. The van der Waals surface area contributed by atoms with Crippen LogP contribution in [-0.2, 0) is 0 Å². The Balaban J connectivity index is 1.54. The van der Waals surface area contributed by atoms with Gasteiger partial charge in [-0.15, -0.1) is 11.8 Å². The summed E-state index contributed by atoms with van der Waals surface area (Å²) < 4.78 is 0. The molecule has 1 aromatic heterocycles. The fourth-order valence-corrected chi connectivity index (χ4v) is 5.42. The lowest BCUT2D eigenvalue weighted by Gasteiger charge is -2.46. The summed E-state index contributed by atoms with van der Waals surface area (Å²) in [6.45, 7) is 0. The van der Waals surface area contributed by atoms with Crippen molar-refractivity contribution < 1.29 is 0 Å². The number of hydrogen-bond acceptors (Lipinski definition) is 3. The number of thioether (sulfide) groups is 1. The van der Waals surface area contributed by atoms with Gasteiger partial charge in [-0.1, -0.05) is 6.42 Å². The van der Waals surface area contributed by atoms with Crippen LogP contribution >= 0.6 is 11.8 Å². The summed E-state index contributed by atoms with van der Waals surface area (Å²) in [6.07, 6.45) is 6.75. The van der Waals surface area contributed by atoms with E-state index in [9.17, 15) is 4.79 Å². The number of aromatic nitrogens is 1. The van der Waals surface area contributed by atoms with Crippen molar-refractivity contribution in [3.63, 3.8) is 0 Å². The molecule has 0 amide bonds. The van der Waals surface area contributed by atoms with Crippen LogP contribution in [0.25, 0.3) is 10.9 Å². The van der Waals surface area contributed by atoms with E-state index in [0.717, 1.165) is 28.2 Å². The number of nitrogens with zero attached hydrogens (tertiary/aromatic N) is 1. The quantitative estimate of drug-likeness (QED) is 0.919. The maximum atomic E-state index is 11.4. The summed E-state index contributed by atoms with van der Waals surface area (Å²) >= 11 is 2.02. The lowest BCUT2D eigenvalue weighted by molar-refractivity contribution is 0.0707. The van der Waals surface area contributed by atoms with Gasteiger partial charge < -0.3 is 9.88 Å². The molecule has 4 heteroatoms. The Morgan fingerprint density at radius 3 is 2.68 bits per heavy atom. The summed E-state index contributed by atoms with van der Waals surface area (Å²) in [5.74, 6) is 0. The van der Waals surface area contributed by atoms with Gasteiger partial charge >= 0.3 is 0 Å². The van der Waals surface area contributed by atoms with Crippen LogP contribution in [0.15, 0.2) is 40.0 Å². The van der Waals surface area contributed by atoms with Gasteiger partial charge in [0, 0.05) is 33.8 Å². The third-order valence-corrected chi connectivity index (χ3v) is 6.54. The van der Waals surface area contributed by atoms with Gasteiger partial charge in [-0.3, -0.25) is 4.79 Å². The van der Waals surface area contributed by atoms with Crippen molar-refractivity contribution in [1.82, 2.24) is 9.88 Å². The van der Waals surface area contributed by atoms with Crippen LogP contribution in [-0.4, -0.2) is 34.3 Å². The van der Waals surface area contributed by atoms with Crippen molar-refractivity contribution in [2.45, 2.75) is 54.3 Å². The van der Waals surface area contributed by atoms with Gasteiger partial charge in [-0.2, -0.15) is 0 Å². The molecule has 3 atom stereocenters. The van der Waals surface area contributed by atoms with Gasteiger partial charge in [0.2, 0.25) is 5.56 Å². The number of nitrogens with one attached hydrogen (secondary N) is 1. The highest BCUT2D eigenvalue weighted by atomic mass is 32.2. The molecule has 4 rings (SSSR count). The molecular weight excluding hydrogens is 292 g/mol. The van der Waals surface area contributed by atoms with E-state index in [0.29, 0.717) is 0 Å². The van der Waals surface area contributed by atoms with Gasteiger partial charge in [0.1, 0.15) is 0 Å². The number of pyridine rings is 1. The number of piperidine rings is 2. The van der Waals surface area contributed by atoms with Crippen molar-refractivity contribution in [1.29, 1.82) is 0 Å². The van der Waals surface area contributed by atoms with Crippen LogP contribution in [0.5, 0.6) is 0 Å². The maximum absolute atomic E-state index is 11.4. The van der Waals surface area contributed by atoms with Crippen LogP contribution in [0.1, 0.15) is 32.1 Å². The minimum atomic E-state index is -0.0314. The van der Waals surface area contributed by atoms with E-state index in [4.69, 9.17) is 0 Å². The van der Waals surface area contributed by atoms with Crippen molar-refractivity contribution in [3.8, 4) is 0 Å². The number of hydrogen-bond donors (Lipinski definition) is 1. The van der Waals surface area contributed by atoms with E-state index in [2.05, 4.69) is 29.1 Å². The second-order valence-corrected chi connectivity index (χ2v) is 8.06. The fraction of sp³-hybridized carbons (Fsp3) is 0.500. The minimum Gasteiger partial charge on any atom is -0.322 e. The van der Waals surface area contributed by atoms with Crippen molar-refractivity contribution >= 4 is 22.7 Å². The first-order chi connectivity index (χ1) is 10.7. The highest BCUT2D eigenvalue weighted by molar-refractivity contribution is 8.00. The zero-order chi connectivity index (χ0) is 15.1. The van der Waals surface area contributed by atoms with Crippen LogP contribution in [0.4, 0.5) is 0 Å². The molecule has 1 aromatic carbocycles. The lowest BCUT2D eigenvalue weighted by Crippen LogP contribution is -2.50. The third-order valence-electron chi connectivity index (χ3n) is 5.29. The van der Waals surface area contributed by atoms with Gasteiger partial charge in [0.05, 0.1) is 0 Å². The third kappa shape index (κ3) is 2.70. The van der Waals surface area contributed by atoms with Crippen molar-refractivity contribution in [3.05, 3.63) is 40.7 Å². The number of rotatable bonds is 2. The molecule has 2 aliphatic rings. The van der Waals surface area contributed by atoms with Gasteiger partial charge in [-0.25, -0.2) is 0 Å². The summed E-state index contributed by atoms with van der Waals surface area (Å²) in [5, 5.41) is 1.85. The Bertz CT molecular complexity index is 727. The van der Waals surface area contributed by atoms with Crippen molar-refractivity contribution in [2.75, 3.05) is 7.05 Å². The first-order valence-corrected chi connectivity index (χ1v) is 9.09. The normalized spacial score (nSPS) is 28.9. The molecule has 3 nitrogen and oxygen atoms in total. The number of H-pyrrole nitrogens is 1. The number of benzene rings is 1. The standard InChI is InChI=1S/C18H22N2OS/c1-20-13-3-2-4-14(20)11-16(10-13)22-15-6-7-17-12(9-15)5-8-18(21)19-17/h5-9,13-14,16H,2-4,10-11H2,1H3,(H,19,21)/t13-,14+,16?. The molecule has 0 aliphatic carbocycles.